The second kappa shape index (κ2) is 9.23. The Balaban J connectivity index is 1.57. The van der Waals surface area contributed by atoms with Gasteiger partial charge in [-0.15, -0.1) is 0 Å². The van der Waals surface area contributed by atoms with Crippen molar-refractivity contribution in [2.45, 2.75) is 12.8 Å². The fraction of sp³-hybridized carbons (Fsp3) is 0.444. The number of anilines is 3. The first-order valence-electron chi connectivity index (χ1n) is 9.41. The number of hydrogen-bond acceptors (Lipinski definition) is 9. The van der Waals surface area contributed by atoms with Gasteiger partial charge in [-0.3, -0.25) is 0 Å². The molecule has 4 rings (SSSR count). The fourth-order valence-corrected chi connectivity index (χ4v) is 4.47. The van der Waals surface area contributed by atoms with Gasteiger partial charge < -0.3 is 19.6 Å². The molecule has 0 unspecified atom stereocenters. The first-order chi connectivity index (χ1) is 14.1. The lowest BCUT2D eigenvalue weighted by Crippen LogP contribution is -2.38. The molecule has 2 N–H and O–H groups in total. The summed E-state index contributed by atoms with van der Waals surface area (Å²) >= 11 is 6.73. The Morgan fingerprint density at radius 2 is 1.66 bits per heavy atom. The minimum atomic E-state index is 0.112. The highest BCUT2D eigenvalue weighted by Gasteiger charge is 2.21. The Labute approximate surface area is 185 Å². The van der Waals surface area contributed by atoms with Gasteiger partial charge in [-0.05, 0) is 40.9 Å². The van der Waals surface area contributed by atoms with Crippen molar-refractivity contribution >= 4 is 55.9 Å². The van der Waals surface area contributed by atoms with E-state index in [1.165, 1.54) is 6.21 Å². The number of phenolic OH excluding ortho intramolecular Hbond substituents is 1. The average Bonchev–Trinajstić information content (AvgIpc) is 3.27. The number of nitrogens with zero attached hydrogens (tertiary/aromatic N) is 6. The summed E-state index contributed by atoms with van der Waals surface area (Å²) in [7, 11) is 0. The molecular weight excluding hydrogens is 506 g/mol. The van der Waals surface area contributed by atoms with Gasteiger partial charge >= 0.3 is 0 Å². The summed E-state index contributed by atoms with van der Waals surface area (Å²) in [4.78, 5) is 18.0. The Morgan fingerprint density at radius 3 is 2.34 bits per heavy atom. The number of phenols is 1. The van der Waals surface area contributed by atoms with Gasteiger partial charge in [0.2, 0.25) is 17.8 Å². The van der Waals surface area contributed by atoms with E-state index in [1.807, 2.05) is 0 Å². The minimum absolute atomic E-state index is 0.112. The molecule has 9 nitrogen and oxygen atoms in total. The summed E-state index contributed by atoms with van der Waals surface area (Å²) < 4.78 is 6.84. The molecule has 1 aromatic heterocycles. The molecule has 0 aliphatic carbocycles. The maximum atomic E-state index is 10.2. The van der Waals surface area contributed by atoms with Crippen LogP contribution >= 0.6 is 31.9 Å². The maximum Gasteiger partial charge on any atom is 0.250 e. The van der Waals surface area contributed by atoms with Crippen LogP contribution in [0.4, 0.5) is 17.8 Å². The molecule has 0 atom stereocenters. The Hall–Kier alpha value is -1.98. The van der Waals surface area contributed by atoms with E-state index in [1.54, 1.807) is 12.1 Å². The van der Waals surface area contributed by atoms with Crippen LogP contribution in [0.3, 0.4) is 0 Å². The van der Waals surface area contributed by atoms with Crippen LogP contribution in [0.5, 0.6) is 5.75 Å². The molecule has 0 spiro atoms. The molecule has 2 saturated heterocycles. The first-order valence-corrected chi connectivity index (χ1v) is 11.0. The van der Waals surface area contributed by atoms with Crippen molar-refractivity contribution in [1.29, 1.82) is 0 Å². The second-order valence-corrected chi connectivity index (χ2v) is 8.52. The average molecular weight is 527 g/mol. The smallest absolute Gasteiger partial charge is 0.250 e. The monoisotopic (exact) mass is 525 g/mol. The molecule has 11 heteroatoms. The van der Waals surface area contributed by atoms with Gasteiger partial charge in [0, 0.05) is 36.2 Å². The van der Waals surface area contributed by atoms with E-state index >= 15 is 0 Å². The number of ether oxygens (including phenoxy) is 1. The lowest BCUT2D eigenvalue weighted by molar-refractivity contribution is 0.122. The third-order valence-electron chi connectivity index (χ3n) is 4.72. The van der Waals surface area contributed by atoms with E-state index < -0.39 is 0 Å². The summed E-state index contributed by atoms with van der Waals surface area (Å²) in [6.07, 6.45) is 3.80. The van der Waals surface area contributed by atoms with Crippen LogP contribution < -0.4 is 15.2 Å². The number of hydrazone groups is 1. The molecule has 0 radical (unpaired) electrons. The van der Waals surface area contributed by atoms with Gasteiger partial charge in [0.1, 0.15) is 5.75 Å². The van der Waals surface area contributed by atoms with Crippen LogP contribution in [0, 0.1) is 0 Å². The predicted octanol–water partition coefficient (Wildman–Crippen LogP) is 2.99. The van der Waals surface area contributed by atoms with Crippen molar-refractivity contribution in [2.75, 3.05) is 54.6 Å². The molecular formula is C18H21Br2N7O2. The molecule has 2 aromatic rings. The highest BCUT2D eigenvalue weighted by atomic mass is 79.9. The minimum Gasteiger partial charge on any atom is -0.506 e. The number of rotatable bonds is 5. The summed E-state index contributed by atoms with van der Waals surface area (Å²) in [6.45, 7) is 4.67. The van der Waals surface area contributed by atoms with Crippen molar-refractivity contribution < 1.29 is 9.84 Å². The standard InChI is InChI=1S/C18H21Br2N7O2/c19-13-9-12(15(28)14(20)10-13)11-21-25-16-22-17(26-3-1-2-4-26)24-18(23-16)27-5-7-29-8-6-27/h9-11,28H,1-8H2,(H,22,23,24,25). The molecule has 1 aromatic carbocycles. The van der Waals surface area contributed by atoms with Gasteiger partial charge in [0.25, 0.3) is 0 Å². The summed E-state index contributed by atoms with van der Waals surface area (Å²) in [5, 5.41) is 14.4. The molecule has 0 amide bonds. The van der Waals surface area contributed by atoms with Crippen molar-refractivity contribution in [3.05, 3.63) is 26.6 Å². The zero-order chi connectivity index (χ0) is 20.2. The number of halogens is 2. The van der Waals surface area contributed by atoms with Crippen molar-refractivity contribution in [3.8, 4) is 5.75 Å². The lowest BCUT2D eigenvalue weighted by Gasteiger charge is -2.27. The molecule has 2 fully saturated rings. The van der Waals surface area contributed by atoms with Crippen molar-refractivity contribution in [1.82, 2.24) is 15.0 Å². The topological polar surface area (TPSA) is 99.0 Å². The SMILES string of the molecule is Oc1c(Br)cc(Br)cc1C=NNc1nc(N2CCCC2)nc(N2CCOCC2)n1. The van der Waals surface area contributed by atoms with E-state index in [0.29, 0.717) is 41.1 Å². The molecule has 0 bridgehead atoms. The van der Waals surface area contributed by atoms with E-state index in [-0.39, 0.29) is 5.75 Å². The van der Waals surface area contributed by atoms with E-state index in [0.717, 1.165) is 43.5 Å². The van der Waals surface area contributed by atoms with E-state index in [2.05, 4.69) is 67.1 Å². The number of aromatic nitrogens is 3. The van der Waals surface area contributed by atoms with Gasteiger partial charge in [0.05, 0.1) is 23.9 Å². The van der Waals surface area contributed by atoms with Gasteiger partial charge in [0.15, 0.2) is 0 Å². The molecule has 29 heavy (non-hydrogen) atoms. The quantitative estimate of drug-likeness (QED) is 0.453. The fourth-order valence-electron chi connectivity index (χ4n) is 3.21. The summed E-state index contributed by atoms with van der Waals surface area (Å²) in [6, 6.07) is 3.54. The highest BCUT2D eigenvalue weighted by molar-refractivity contribution is 9.11. The highest BCUT2D eigenvalue weighted by Crippen LogP contribution is 2.30. The number of hydrogen-bond donors (Lipinski definition) is 2. The van der Waals surface area contributed by atoms with Crippen LogP contribution in [-0.2, 0) is 4.74 Å². The van der Waals surface area contributed by atoms with Crippen molar-refractivity contribution in [2.24, 2.45) is 5.10 Å². The zero-order valence-electron chi connectivity index (χ0n) is 15.7. The van der Waals surface area contributed by atoms with Gasteiger partial charge in [-0.1, -0.05) is 15.9 Å². The van der Waals surface area contributed by atoms with Crippen LogP contribution in [0.15, 0.2) is 26.2 Å². The first kappa shape index (κ1) is 20.3. The number of benzene rings is 1. The number of aromatic hydroxyl groups is 1. The van der Waals surface area contributed by atoms with Crippen LogP contribution in [0.1, 0.15) is 18.4 Å². The number of nitrogens with one attached hydrogen (secondary N) is 1. The predicted molar refractivity (Wildman–Crippen MR) is 119 cm³/mol. The van der Waals surface area contributed by atoms with Gasteiger partial charge in [-0.25, -0.2) is 5.43 Å². The Kier molecular flexibility index (Phi) is 6.46. The lowest BCUT2D eigenvalue weighted by atomic mass is 10.2. The summed E-state index contributed by atoms with van der Waals surface area (Å²) in [5.41, 5.74) is 3.44. The zero-order valence-corrected chi connectivity index (χ0v) is 18.9. The van der Waals surface area contributed by atoms with Crippen LogP contribution in [-0.4, -0.2) is 65.7 Å². The van der Waals surface area contributed by atoms with Crippen LogP contribution in [0.25, 0.3) is 0 Å². The third-order valence-corrected chi connectivity index (χ3v) is 5.78. The van der Waals surface area contributed by atoms with E-state index in [9.17, 15) is 5.11 Å². The third kappa shape index (κ3) is 4.96. The molecule has 0 saturated carbocycles. The Bertz CT molecular complexity index is 900. The molecule has 3 heterocycles. The second-order valence-electron chi connectivity index (χ2n) is 6.75. The van der Waals surface area contributed by atoms with E-state index in [4.69, 9.17) is 4.74 Å². The van der Waals surface area contributed by atoms with Crippen molar-refractivity contribution in [3.63, 3.8) is 0 Å². The number of morpholine rings is 1. The molecule has 2 aliphatic rings. The summed E-state index contributed by atoms with van der Waals surface area (Å²) in [5.74, 6) is 1.76. The molecule has 154 valence electrons. The maximum absolute atomic E-state index is 10.2. The largest absolute Gasteiger partial charge is 0.506 e. The van der Waals surface area contributed by atoms with Gasteiger partial charge in [-0.2, -0.15) is 20.1 Å². The Morgan fingerprint density at radius 1 is 1.00 bits per heavy atom. The normalized spacial score (nSPS) is 17.3. The van der Waals surface area contributed by atoms with Crippen LogP contribution in [0.2, 0.25) is 0 Å². The molecule has 2 aliphatic heterocycles.